The Bertz CT molecular complexity index is 461. The Morgan fingerprint density at radius 2 is 1.87 bits per heavy atom. The molecule has 76 valence electrons. The van der Waals surface area contributed by atoms with Crippen molar-refractivity contribution in [2.24, 2.45) is 0 Å². The Morgan fingerprint density at radius 3 is 2.47 bits per heavy atom. The molecule has 0 unspecified atom stereocenters. The lowest BCUT2D eigenvalue weighted by atomic mass is 10.2. The molecule has 2 aromatic rings. The van der Waals surface area contributed by atoms with E-state index in [0.717, 1.165) is 15.7 Å². The summed E-state index contributed by atoms with van der Waals surface area (Å²) in [6.07, 6.45) is 3.40. The normalized spacial score (nSPS) is 10.3. The van der Waals surface area contributed by atoms with Gasteiger partial charge >= 0.3 is 0 Å². The summed E-state index contributed by atoms with van der Waals surface area (Å²) in [6, 6.07) is 3.70. The van der Waals surface area contributed by atoms with Crippen molar-refractivity contribution in [3.05, 3.63) is 34.7 Å². The van der Waals surface area contributed by atoms with Crippen LogP contribution in [0.4, 0.5) is 5.82 Å². The summed E-state index contributed by atoms with van der Waals surface area (Å²) in [7, 11) is 0. The maximum atomic E-state index is 5.75. The number of nitrogens with zero attached hydrogens (tertiary/aromatic N) is 3. The highest BCUT2D eigenvalue weighted by Gasteiger charge is 2.07. The van der Waals surface area contributed by atoms with E-state index in [1.54, 1.807) is 12.4 Å². The van der Waals surface area contributed by atoms with E-state index in [1.807, 2.05) is 19.1 Å². The molecule has 5 heteroatoms. The maximum Gasteiger partial charge on any atom is 0.161 e. The number of hydrogen-bond donors (Lipinski definition) is 1. The molecular weight excluding hydrogens is 256 g/mol. The van der Waals surface area contributed by atoms with Crippen LogP contribution in [0.2, 0.25) is 0 Å². The van der Waals surface area contributed by atoms with E-state index in [0.29, 0.717) is 11.6 Å². The highest BCUT2D eigenvalue weighted by molar-refractivity contribution is 9.10. The average Bonchev–Trinajstić information content (AvgIpc) is 2.26. The van der Waals surface area contributed by atoms with Crippen molar-refractivity contribution in [2.75, 3.05) is 5.73 Å². The minimum atomic E-state index is 0.453. The molecule has 0 aliphatic carbocycles. The summed E-state index contributed by atoms with van der Waals surface area (Å²) in [5.41, 5.74) is 7.48. The van der Waals surface area contributed by atoms with Gasteiger partial charge in [0, 0.05) is 18.0 Å². The molecule has 0 saturated carbocycles. The van der Waals surface area contributed by atoms with Crippen LogP contribution in [0.15, 0.2) is 29.0 Å². The van der Waals surface area contributed by atoms with Crippen LogP contribution < -0.4 is 5.73 Å². The molecule has 15 heavy (non-hydrogen) atoms. The topological polar surface area (TPSA) is 64.7 Å². The molecular formula is C10H9BrN4. The van der Waals surface area contributed by atoms with Crippen LogP contribution in [0, 0.1) is 6.92 Å². The summed E-state index contributed by atoms with van der Waals surface area (Å²) in [4.78, 5) is 12.5. The lowest BCUT2D eigenvalue weighted by Gasteiger charge is -2.05. The SMILES string of the molecule is Cc1nc(-c2ccncc2)nc(N)c1Br. The largest absolute Gasteiger partial charge is 0.383 e. The smallest absolute Gasteiger partial charge is 0.161 e. The Morgan fingerprint density at radius 1 is 1.20 bits per heavy atom. The van der Waals surface area contributed by atoms with Crippen molar-refractivity contribution in [3.8, 4) is 11.4 Å². The highest BCUT2D eigenvalue weighted by Crippen LogP contribution is 2.23. The summed E-state index contributed by atoms with van der Waals surface area (Å²) in [6.45, 7) is 1.88. The fourth-order valence-corrected chi connectivity index (χ4v) is 1.39. The van der Waals surface area contributed by atoms with Crippen molar-refractivity contribution in [1.29, 1.82) is 0 Å². The number of nitrogen functional groups attached to an aromatic ring is 1. The molecule has 0 spiro atoms. The van der Waals surface area contributed by atoms with Gasteiger partial charge in [-0.25, -0.2) is 9.97 Å². The van der Waals surface area contributed by atoms with Gasteiger partial charge in [0.1, 0.15) is 5.82 Å². The number of anilines is 1. The van der Waals surface area contributed by atoms with Crippen molar-refractivity contribution < 1.29 is 0 Å². The van der Waals surface area contributed by atoms with Gasteiger partial charge in [-0.3, -0.25) is 4.98 Å². The van der Waals surface area contributed by atoms with Crippen LogP contribution in [0.25, 0.3) is 11.4 Å². The summed E-state index contributed by atoms with van der Waals surface area (Å²) < 4.78 is 0.750. The van der Waals surface area contributed by atoms with Gasteiger partial charge in [0.15, 0.2) is 5.82 Å². The van der Waals surface area contributed by atoms with Crippen molar-refractivity contribution in [1.82, 2.24) is 15.0 Å². The van der Waals surface area contributed by atoms with E-state index in [9.17, 15) is 0 Å². The molecule has 2 aromatic heterocycles. The minimum absolute atomic E-state index is 0.453. The zero-order valence-electron chi connectivity index (χ0n) is 8.11. The number of aromatic nitrogens is 3. The van der Waals surface area contributed by atoms with Crippen molar-refractivity contribution >= 4 is 21.7 Å². The van der Waals surface area contributed by atoms with Crippen LogP contribution >= 0.6 is 15.9 Å². The molecule has 0 saturated heterocycles. The molecule has 0 aromatic carbocycles. The van der Waals surface area contributed by atoms with Crippen LogP contribution in [0.1, 0.15) is 5.69 Å². The highest BCUT2D eigenvalue weighted by atomic mass is 79.9. The number of nitrogens with two attached hydrogens (primary N) is 1. The zero-order chi connectivity index (χ0) is 10.8. The molecule has 2 heterocycles. The molecule has 0 aliphatic heterocycles. The van der Waals surface area contributed by atoms with Gasteiger partial charge < -0.3 is 5.73 Å². The van der Waals surface area contributed by atoms with Crippen LogP contribution in [0.5, 0.6) is 0 Å². The molecule has 0 radical (unpaired) electrons. The molecule has 0 amide bonds. The fraction of sp³-hybridized carbons (Fsp3) is 0.100. The Hall–Kier alpha value is -1.49. The van der Waals surface area contributed by atoms with Gasteiger partial charge in [-0.2, -0.15) is 0 Å². The predicted octanol–water partition coefficient (Wildman–Crippen LogP) is 2.19. The Labute approximate surface area is 95.7 Å². The van der Waals surface area contributed by atoms with Crippen LogP contribution in [0.3, 0.4) is 0 Å². The average molecular weight is 265 g/mol. The first kappa shape index (κ1) is 10.0. The first-order chi connectivity index (χ1) is 7.18. The Kier molecular flexibility index (Phi) is 2.64. The zero-order valence-corrected chi connectivity index (χ0v) is 9.69. The predicted molar refractivity (Wildman–Crippen MR) is 62.1 cm³/mol. The second kappa shape index (κ2) is 3.94. The number of hydrogen-bond acceptors (Lipinski definition) is 4. The maximum absolute atomic E-state index is 5.75. The summed E-state index contributed by atoms with van der Waals surface area (Å²) in [5.74, 6) is 1.07. The van der Waals surface area contributed by atoms with E-state index in [-0.39, 0.29) is 0 Å². The first-order valence-corrected chi connectivity index (χ1v) is 5.18. The van der Waals surface area contributed by atoms with E-state index in [4.69, 9.17) is 5.73 Å². The van der Waals surface area contributed by atoms with E-state index in [2.05, 4.69) is 30.9 Å². The van der Waals surface area contributed by atoms with E-state index in [1.165, 1.54) is 0 Å². The monoisotopic (exact) mass is 264 g/mol. The molecule has 2 rings (SSSR count). The van der Waals surface area contributed by atoms with Crippen molar-refractivity contribution in [2.45, 2.75) is 6.92 Å². The van der Waals surface area contributed by atoms with Gasteiger partial charge in [-0.1, -0.05) is 0 Å². The second-order valence-corrected chi connectivity index (χ2v) is 3.86. The van der Waals surface area contributed by atoms with Crippen molar-refractivity contribution in [3.63, 3.8) is 0 Å². The number of aryl methyl sites for hydroxylation is 1. The number of halogens is 1. The number of rotatable bonds is 1. The van der Waals surface area contributed by atoms with Gasteiger partial charge in [0.2, 0.25) is 0 Å². The summed E-state index contributed by atoms with van der Waals surface area (Å²) >= 11 is 3.32. The molecule has 2 N–H and O–H groups in total. The molecule has 4 nitrogen and oxygen atoms in total. The lowest BCUT2D eigenvalue weighted by Crippen LogP contribution is -1.99. The Balaban J connectivity index is 2.56. The minimum Gasteiger partial charge on any atom is -0.383 e. The third-order valence-corrected chi connectivity index (χ3v) is 2.96. The van der Waals surface area contributed by atoms with Gasteiger partial charge in [-0.15, -0.1) is 0 Å². The molecule has 0 aliphatic rings. The van der Waals surface area contributed by atoms with Gasteiger partial charge in [0.05, 0.1) is 10.2 Å². The van der Waals surface area contributed by atoms with Crippen LogP contribution in [-0.4, -0.2) is 15.0 Å². The molecule has 0 bridgehead atoms. The molecule has 0 fully saturated rings. The third kappa shape index (κ3) is 1.97. The standard InChI is InChI=1S/C10H9BrN4/c1-6-8(11)9(12)15-10(14-6)7-2-4-13-5-3-7/h2-5H,1H3,(H2,12,14,15). The lowest BCUT2D eigenvalue weighted by molar-refractivity contribution is 1.10. The van der Waals surface area contributed by atoms with E-state index >= 15 is 0 Å². The third-order valence-electron chi connectivity index (χ3n) is 1.98. The molecule has 0 atom stereocenters. The summed E-state index contributed by atoms with van der Waals surface area (Å²) in [5, 5.41) is 0. The fourth-order valence-electron chi connectivity index (χ4n) is 1.21. The number of pyridine rings is 1. The van der Waals surface area contributed by atoms with Gasteiger partial charge in [0.25, 0.3) is 0 Å². The van der Waals surface area contributed by atoms with Gasteiger partial charge in [-0.05, 0) is 35.0 Å². The quantitative estimate of drug-likeness (QED) is 0.858. The van der Waals surface area contributed by atoms with Crippen LogP contribution in [-0.2, 0) is 0 Å². The van der Waals surface area contributed by atoms with E-state index < -0.39 is 0 Å². The second-order valence-electron chi connectivity index (χ2n) is 3.07. The first-order valence-electron chi connectivity index (χ1n) is 4.38.